The summed E-state index contributed by atoms with van der Waals surface area (Å²) in [6.07, 6.45) is -3.89. The molecule has 1 aromatic carbocycles. The topological polar surface area (TPSA) is 33.1 Å². The molecule has 1 N–H and O–H groups in total. The Kier molecular flexibility index (Phi) is 5.13. The van der Waals surface area contributed by atoms with E-state index in [2.05, 4.69) is 4.98 Å². The van der Waals surface area contributed by atoms with Crippen LogP contribution in [0.25, 0.3) is 0 Å². The van der Waals surface area contributed by atoms with Gasteiger partial charge in [0.1, 0.15) is 5.15 Å². The van der Waals surface area contributed by atoms with Crippen LogP contribution in [0.3, 0.4) is 0 Å². The number of nitrogens with zero attached hydrogens (tertiary/aromatic N) is 1. The maximum atomic E-state index is 13.9. The van der Waals surface area contributed by atoms with Gasteiger partial charge in [0, 0.05) is 21.7 Å². The highest BCUT2D eigenvalue weighted by Crippen LogP contribution is 2.53. The summed E-state index contributed by atoms with van der Waals surface area (Å²) in [5.41, 5.74) is -5.41. The van der Waals surface area contributed by atoms with Crippen molar-refractivity contribution in [2.75, 3.05) is 0 Å². The molecule has 130 valence electrons. The van der Waals surface area contributed by atoms with Crippen LogP contribution in [0.1, 0.15) is 25.0 Å². The number of pyridine rings is 1. The number of hydrogen-bond donors (Lipinski definition) is 1. The van der Waals surface area contributed by atoms with Gasteiger partial charge < -0.3 is 5.11 Å². The average Bonchev–Trinajstić information content (AvgIpc) is 2.44. The fourth-order valence-corrected chi connectivity index (χ4v) is 3.52. The van der Waals surface area contributed by atoms with E-state index in [-0.39, 0.29) is 20.8 Å². The Morgan fingerprint density at radius 2 is 1.62 bits per heavy atom. The predicted octanol–water partition coefficient (Wildman–Crippen LogP) is 5.77. The zero-order chi connectivity index (χ0) is 18.3. The molecule has 1 aromatic heterocycles. The van der Waals surface area contributed by atoms with E-state index in [0.29, 0.717) is 0 Å². The van der Waals surface area contributed by atoms with Gasteiger partial charge in [-0.3, -0.25) is 0 Å². The second-order valence-electron chi connectivity index (χ2n) is 5.82. The first-order chi connectivity index (χ1) is 10.9. The molecule has 1 heterocycles. The van der Waals surface area contributed by atoms with Gasteiger partial charge in [0.25, 0.3) is 0 Å². The molecular formula is C16H13Cl3F3NO. The van der Waals surface area contributed by atoms with Crippen molar-refractivity contribution in [2.45, 2.75) is 31.0 Å². The zero-order valence-electron chi connectivity index (χ0n) is 12.6. The van der Waals surface area contributed by atoms with Crippen molar-refractivity contribution < 1.29 is 18.3 Å². The van der Waals surface area contributed by atoms with Gasteiger partial charge in [-0.25, -0.2) is 4.98 Å². The second-order valence-corrected chi connectivity index (χ2v) is 7.06. The van der Waals surface area contributed by atoms with Gasteiger partial charge in [-0.2, -0.15) is 13.2 Å². The molecule has 24 heavy (non-hydrogen) atoms. The quantitative estimate of drug-likeness (QED) is 0.666. The highest BCUT2D eigenvalue weighted by molar-refractivity contribution is 6.35. The Labute approximate surface area is 152 Å². The molecule has 8 heteroatoms. The Bertz CT molecular complexity index is 764. The summed E-state index contributed by atoms with van der Waals surface area (Å²) in [6, 6.07) is 6.17. The first-order valence-corrected chi connectivity index (χ1v) is 7.91. The van der Waals surface area contributed by atoms with Crippen LogP contribution in [0, 0.1) is 0 Å². The van der Waals surface area contributed by atoms with Crippen LogP contribution in [0.5, 0.6) is 0 Å². The number of alkyl halides is 3. The van der Waals surface area contributed by atoms with E-state index in [4.69, 9.17) is 34.8 Å². The third-order valence-corrected chi connectivity index (χ3v) is 4.82. The van der Waals surface area contributed by atoms with Crippen molar-refractivity contribution in [3.8, 4) is 0 Å². The van der Waals surface area contributed by atoms with Gasteiger partial charge in [-0.05, 0) is 35.4 Å². The van der Waals surface area contributed by atoms with Crippen molar-refractivity contribution in [1.82, 2.24) is 4.98 Å². The monoisotopic (exact) mass is 397 g/mol. The lowest BCUT2D eigenvalue weighted by Gasteiger charge is -2.44. The second kappa shape index (κ2) is 6.37. The molecule has 1 unspecified atom stereocenters. The summed E-state index contributed by atoms with van der Waals surface area (Å²) >= 11 is 17.6. The molecule has 0 aliphatic rings. The van der Waals surface area contributed by atoms with Gasteiger partial charge >= 0.3 is 6.18 Å². The highest BCUT2D eigenvalue weighted by Gasteiger charge is 2.64. The fourth-order valence-electron chi connectivity index (χ4n) is 2.70. The standard InChI is InChI=1S/C16H13Cl3F3NO/c1-14(2,11-4-3-10(17)8-12(11)18)15(24,16(20,21)22)9-5-6-23-13(19)7-9/h3-8,24H,1-2H3. The summed E-state index contributed by atoms with van der Waals surface area (Å²) < 4.78 is 41.8. The van der Waals surface area contributed by atoms with Crippen LogP contribution in [-0.2, 0) is 11.0 Å². The first kappa shape index (κ1) is 19.3. The minimum absolute atomic E-state index is 0.0235. The average molecular weight is 399 g/mol. The molecule has 0 radical (unpaired) electrons. The van der Waals surface area contributed by atoms with Gasteiger partial charge in [-0.1, -0.05) is 54.7 Å². The van der Waals surface area contributed by atoms with Crippen LogP contribution in [0.2, 0.25) is 15.2 Å². The fraction of sp³-hybridized carbons (Fsp3) is 0.312. The number of benzene rings is 1. The Morgan fingerprint density at radius 1 is 1.00 bits per heavy atom. The van der Waals surface area contributed by atoms with Crippen LogP contribution >= 0.6 is 34.8 Å². The molecule has 0 fully saturated rings. The molecule has 0 saturated carbocycles. The number of aromatic nitrogens is 1. The molecule has 0 bridgehead atoms. The third-order valence-electron chi connectivity index (χ3n) is 4.06. The maximum Gasteiger partial charge on any atom is 0.422 e. The predicted molar refractivity (Wildman–Crippen MR) is 88.7 cm³/mol. The molecule has 0 aliphatic heterocycles. The van der Waals surface area contributed by atoms with Crippen LogP contribution < -0.4 is 0 Å². The minimum atomic E-state index is -5.00. The van der Waals surface area contributed by atoms with E-state index >= 15 is 0 Å². The van der Waals surface area contributed by atoms with Gasteiger partial charge in [0.15, 0.2) is 5.60 Å². The number of halogens is 6. The van der Waals surface area contributed by atoms with Crippen molar-refractivity contribution in [3.05, 3.63) is 62.9 Å². The van der Waals surface area contributed by atoms with E-state index in [1.54, 1.807) is 0 Å². The normalized spacial score (nSPS) is 15.2. The Morgan fingerprint density at radius 3 is 2.12 bits per heavy atom. The summed E-state index contributed by atoms with van der Waals surface area (Å²) in [5, 5.41) is 11.0. The molecule has 0 aliphatic carbocycles. The summed E-state index contributed by atoms with van der Waals surface area (Å²) in [6.45, 7) is 2.51. The maximum absolute atomic E-state index is 13.9. The summed E-state index contributed by atoms with van der Waals surface area (Å²) in [4.78, 5) is 3.66. The third kappa shape index (κ3) is 3.10. The van der Waals surface area contributed by atoms with E-state index < -0.39 is 22.8 Å². The number of hydrogen-bond acceptors (Lipinski definition) is 2. The van der Waals surface area contributed by atoms with Gasteiger partial charge in [-0.15, -0.1) is 0 Å². The zero-order valence-corrected chi connectivity index (χ0v) is 14.9. The van der Waals surface area contributed by atoms with Crippen molar-refractivity contribution in [1.29, 1.82) is 0 Å². The van der Waals surface area contributed by atoms with Crippen molar-refractivity contribution >= 4 is 34.8 Å². The minimum Gasteiger partial charge on any atom is -0.376 e. The molecule has 2 aromatic rings. The largest absolute Gasteiger partial charge is 0.422 e. The van der Waals surface area contributed by atoms with Crippen LogP contribution in [0.4, 0.5) is 13.2 Å². The Hall–Kier alpha value is -1.01. The van der Waals surface area contributed by atoms with E-state index in [1.165, 1.54) is 32.0 Å². The summed E-state index contributed by atoms with van der Waals surface area (Å²) in [5.74, 6) is 0. The van der Waals surface area contributed by atoms with Crippen molar-refractivity contribution in [2.24, 2.45) is 0 Å². The highest BCUT2D eigenvalue weighted by atomic mass is 35.5. The van der Waals surface area contributed by atoms with Gasteiger partial charge in [0.05, 0.1) is 0 Å². The molecule has 0 amide bonds. The SMILES string of the molecule is CC(C)(c1ccc(Cl)cc1Cl)C(O)(c1ccnc(Cl)c1)C(F)(F)F. The van der Waals surface area contributed by atoms with Crippen LogP contribution in [-0.4, -0.2) is 16.3 Å². The molecule has 0 spiro atoms. The number of rotatable bonds is 3. The lowest BCUT2D eigenvalue weighted by atomic mass is 9.66. The smallest absolute Gasteiger partial charge is 0.376 e. The summed E-state index contributed by atoms with van der Waals surface area (Å²) in [7, 11) is 0. The molecule has 2 nitrogen and oxygen atoms in total. The van der Waals surface area contributed by atoms with E-state index in [9.17, 15) is 18.3 Å². The number of aliphatic hydroxyl groups is 1. The molecule has 1 atom stereocenters. The first-order valence-electron chi connectivity index (χ1n) is 6.78. The molecular weight excluding hydrogens is 386 g/mol. The van der Waals surface area contributed by atoms with Crippen LogP contribution in [0.15, 0.2) is 36.5 Å². The van der Waals surface area contributed by atoms with E-state index in [1.807, 2.05) is 0 Å². The van der Waals surface area contributed by atoms with E-state index in [0.717, 1.165) is 18.3 Å². The Balaban J connectivity index is 2.76. The molecule has 2 rings (SSSR count). The lowest BCUT2D eigenvalue weighted by Crippen LogP contribution is -2.55. The lowest BCUT2D eigenvalue weighted by molar-refractivity contribution is -0.290. The van der Waals surface area contributed by atoms with Crippen molar-refractivity contribution in [3.63, 3.8) is 0 Å². The molecule has 0 saturated heterocycles. The van der Waals surface area contributed by atoms with Gasteiger partial charge in [0.2, 0.25) is 0 Å².